The van der Waals surface area contributed by atoms with Gasteiger partial charge in [0.15, 0.2) is 11.6 Å². The van der Waals surface area contributed by atoms with Crippen LogP contribution in [0.3, 0.4) is 0 Å². The van der Waals surface area contributed by atoms with Gasteiger partial charge in [-0.25, -0.2) is 4.39 Å². The maximum atomic E-state index is 13.6. The summed E-state index contributed by atoms with van der Waals surface area (Å²) in [5.74, 6) is -0.0883. The second-order valence-electron chi connectivity index (χ2n) is 4.69. The summed E-state index contributed by atoms with van der Waals surface area (Å²) in [6.07, 6.45) is 2.78. The van der Waals surface area contributed by atoms with Gasteiger partial charge in [-0.05, 0) is 43.2 Å². The van der Waals surface area contributed by atoms with E-state index in [0.717, 1.165) is 29.9 Å². The standard InChI is InChI=1S/C16H19FN2O/c1-3-7-18-13-6-8-19-14(10-13)11-20-16-9-12(2)4-5-15(16)17/h4-6,8-10H,3,7,11H2,1-2H3,(H,18,19). The predicted octanol–water partition coefficient (Wildman–Crippen LogP) is 3.93. The second-order valence-corrected chi connectivity index (χ2v) is 4.69. The molecule has 0 atom stereocenters. The van der Waals surface area contributed by atoms with Gasteiger partial charge in [-0.2, -0.15) is 0 Å². The highest BCUT2D eigenvalue weighted by atomic mass is 19.1. The maximum Gasteiger partial charge on any atom is 0.165 e. The van der Waals surface area contributed by atoms with E-state index < -0.39 is 0 Å². The van der Waals surface area contributed by atoms with Gasteiger partial charge < -0.3 is 10.1 Å². The summed E-state index contributed by atoms with van der Waals surface area (Å²) in [5.41, 5.74) is 2.74. The molecule has 0 aliphatic rings. The molecule has 0 radical (unpaired) electrons. The maximum absolute atomic E-state index is 13.6. The quantitative estimate of drug-likeness (QED) is 0.866. The molecule has 0 aliphatic heterocycles. The summed E-state index contributed by atoms with van der Waals surface area (Å²) in [7, 11) is 0. The first kappa shape index (κ1) is 14.3. The number of anilines is 1. The Morgan fingerprint density at radius 3 is 2.90 bits per heavy atom. The van der Waals surface area contributed by atoms with Crippen LogP contribution in [0.25, 0.3) is 0 Å². The van der Waals surface area contributed by atoms with Gasteiger partial charge in [0.1, 0.15) is 6.61 Å². The van der Waals surface area contributed by atoms with E-state index in [1.165, 1.54) is 6.07 Å². The van der Waals surface area contributed by atoms with Gasteiger partial charge in [0.2, 0.25) is 0 Å². The third-order valence-corrected chi connectivity index (χ3v) is 2.86. The average Bonchev–Trinajstić information content (AvgIpc) is 2.46. The molecule has 0 unspecified atom stereocenters. The molecule has 1 aromatic heterocycles. The van der Waals surface area contributed by atoms with E-state index in [4.69, 9.17) is 4.74 Å². The van der Waals surface area contributed by atoms with Crippen molar-refractivity contribution in [3.8, 4) is 5.75 Å². The predicted molar refractivity (Wildman–Crippen MR) is 78.5 cm³/mol. The lowest BCUT2D eigenvalue weighted by atomic mass is 10.2. The van der Waals surface area contributed by atoms with Crippen LogP contribution in [-0.4, -0.2) is 11.5 Å². The highest BCUT2D eigenvalue weighted by molar-refractivity contribution is 5.43. The fourth-order valence-electron chi connectivity index (χ4n) is 1.81. The third-order valence-electron chi connectivity index (χ3n) is 2.86. The molecule has 0 saturated carbocycles. The summed E-state index contributed by atoms with van der Waals surface area (Å²) in [5, 5.41) is 3.28. The van der Waals surface area contributed by atoms with Gasteiger partial charge in [0, 0.05) is 18.4 Å². The van der Waals surface area contributed by atoms with Crippen molar-refractivity contribution in [2.45, 2.75) is 26.9 Å². The molecule has 2 rings (SSSR count). The van der Waals surface area contributed by atoms with Crippen molar-refractivity contribution in [2.24, 2.45) is 0 Å². The molecule has 1 heterocycles. The average molecular weight is 274 g/mol. The number of halogens is 1. The first-order valence-electron chi connectivity index (χ1n) is 6.77. The summed E-state index contributed by atoms with van der Waals surface area (Å²) >= 11 is 0. The Kier molecular flexibility index (Phi) is 4.93. The number of hydrogen-bond donors (Lipinski definition) is 1. The third kappa shape index (κ3) is 3.95. The molecule has 2 aromatic rings. The Morgan fingerprint density at radius 2 is 2.10 bits per heavy atom. The molecule has 0 aliphatic carbocycles. The topological polar surface area (TPSA) is 34.2 Å². The molecule has 4 heteroatoms. The minimum absolute atomic E-state index is 0.252. The van der Waals surface area contributed by atoms with Crippen molar-refractivity contribution in [1.29, 1.82) is 0 Å². The molecular weight excluding hydrogens is 255 g/mol. The summed E-state index contributed by atoms with van der Waals surface area (Å²) in [6, 6.07) is 8.65. The Morgan fingerprint density at radius 1 is 1.25 bits per heavy atom. The molecule has 20 heavy (non-hydrogen) atoms. The summed E-state index contributed by atoms with van der Waals surface area (Å²) in [6.45, 7) is 5.18. The second kappa shape index (κ2) is 6.89. The monoisotopic (exact) mass is 274 g/mol. The van der Waals surface area contributed by atoms with Crippen molar-refractivity contribution < 1.29 is 9.13 Å². The zero-order valence-corrected chi connectivity index (χ0v) is 11.8. The van der Waals surface area contributed by atoms with Crippen molar-refractivity contribution in [3.05, 3.63) is 53.6 Å². The van der Waals surface area contributed by atoms with E-state index >= 15 is 0 Å². The van der Waals surface area contributed by atoms with Crippen molar-refractivity contribution >= 4 is 5.69 Å². The van der Waals surface area contributed by atoms with Crippen LogP contribution in [-0.2, 0) is 6.61 Å². The Bertz CT molecular complexity index is 572. The number of hydrogen-bond acceptors (Lipinski definition) is 3. The molecule has 1 aromatic carbocycles. The lowest BCUT2D eigenvalue weighted by Crippen LogP contribution is -2.03. The van der Waals surface area contributed by atoms with Gasteiger partial charge >= 0.3 is 0 Å². The number of aromatic nitrogens is 1. The molecule has 0 fully saturated rings. The van der Waals surface area contributed by atoms with Crippen molar-refractivity contribution in [1.82, 2.24) is 4.98 Å². The Balaban J connectivity index is 2.01. The van der Waals surface area contributed by atoms with Gasteiger partial charge in [-0.1, -0.05) is 13.0 Å². The number of aryl methyl sites for hydroxylation is 1. The van der Waals surface area contributed by atoms with Crippen LogP contribution in [0.15, 0.2) is 36.5 Å². The van der Waals surface area contributed by atoms with E-state index in [-0.39, 0.29) is 18.2 Å². The largest absolute Gasteiger partial charge is 0.484 e. The van der Waals surface area contributed by atoms with Gasteiger partial charge in [0.25, 0.3) is 0 Å². The lowest BCUT2D eigenvalue weighted by Gasteiger charge is -2.09. The minimum atomic E-state index is -0.351. The molecule has 0 spiro atoms. The minimum Gasteiger partial charge on any atom is -0.484 e. The molecule has 1 N–H and O–H groups in total. The zero-order chi connectivity index (χ0) is 14.4. The van der Waals surface area contributed by atoms with E-state index in [2.05, 4.69) is 17.2 Å². The molecule has 106 valence electrons. The van der Waals surface area contributed by atoms with Crippen LogP contribution >= 0.6 is 0 Å². The summed E-state index contributed by atoms with van der Waals surface area (Å²) in [4.78, 5) is 4.23. The van der Waals surface area contributed by atoms with Crippen molar-refractivity contribution in [2.75, 3.05) is 11.9 Å². The number of rotatable bonds is 6. The fourth-order valence-corrected chi connectivity index (χ4v) is 1.81. The number of benzene rings is 1. The van der Waals surface area contributed by atoms with E-state index in [1.807, 2.05) is 19.1 Å². The molecule has 0 bridgehead atoms. The van der Waals surface area contributed by atoms with Crippen LogP contribution < -0.4 is 10.1 Å². The van der Waals surface area contributed by atoms with E-state index in [0.29, 0.717) is 0 Å². The van der Waals surface area contributed by atoms with Gasteiger partial charge in [-0.3, -0.25) is 4.98 Å². The first-order valence-corrected chi connectivity index (χ1v) is 6.77. The first-order chi connectivity index (χ1) is 9.69. The number of ether oxygens (including phenoxy) is 1. The van der Waals surface area contributed by atoms with Crippen LogP contribution in [0.5, 0.6) is 5.75 Å². The highest BCUT2D eigenvalue weighted by Gasteiger charge is 2.05. The highest BCUT2D eigenvalue weighted by Crippen LogP contribution is 2.19. The van der Waals surface area contributed by atoms with Crippen LogP contribution in [0, 0.1) is 12.7 Å². The van der Waals surface area contributed by atoms with Crippen molar-refractivity contribution in [3.63, 3.8) is 0 Å². The molecule has 3 nitrogen and oxygen atoms in total. The normalized spacial score (nSPS) is 10.3. The van der Waals surface area contributed by atoms with Gasteiger partial charge in [-0.15, -0.1) is 0 Å². The van der Waals surface area contributed by atoms with Crippen LogP contribution in [0.4, 0.5) is 10.1 Å². The number of nitrogens with one attached hydrogen (secondary N) is 1. The van der Waals surface area contributed by atoms with Crippen LogP contribution in [0.1, 0.15) is 24.6 Å². The van der Waals surface area contributed by atoms with E-state index in [1.54, 1.807) is 18.3 Å². The lowest BCUT2D eigenvalue weighted by molar-refractivity contribution is 0.286. The number of pyridine rings is 1. The molecule has 0 amide bonds. The summed E-state index contributed by atoms with van der Waals surface area (Å²) < 4.78 is 19.1. The smallest absolute Gasteiger partial charge is 0.165 e. The van der Waals surface area contributed by atoms with Crippen LogP contribution in [0.2, 0.25) is 0 Å². The van der Waals surface area contributed by atoms with Gasteiger partial charge in [0.05, 0.1) is 5.69 Å². The fraction of sp³-hybridized carbons (Fsp3) is 0.312. The Labute approximate surface area is 118 Å². The van der Waals surface area contributed by atoms with E-state index in [9.17, 15) is 4.39 Å². The zero-order valence-electron chi connectivity index (χ0n) is 11.8. The molecule has 0 saturated heterocycles. The SMILES string of the molecule is CCCNc1ccnc(COc2cc(C)ccc2F)c1. The molecular formula is C16H19FN2O. The number of nitrogens with zero attached hydrogens (tertiary/aromatic N) is 1. The Hall–Kier alpha value is -2.10.